The van der Waals surface area contributed by atoms with Crippen molar-refractivity contribution in [3.05, 3.63) is 54.2 Å². The third kappa shape index (κ3) is 3.09. The molecule has 1 aliphatic heterocycles. The van der Waals surface area contributed by atoms with Crippen LogP contribution in [-0.2, 0) is 6.54 Å². The van der Waals surface area contributed by atoms with E-state index < -0.39 is 0 Å². The first kappa shape index (κ1) is 14.8. The average Bonchev–Trinajstić information content (AvgIpc) is 3.06. The minimum Gasteiger partial charge on any atom is -0.440 e. The third-order valence-corrected chi connectivity index (χ3v) is 5.10. The van der Waals surface area contributed by atoms with Gasteiger partial charge in [0.15, 0.2) is 0 Å². The van der Waals surface area contributed by atoms with Gasteiger partial charge in [0.1, 0.15) is 5.76 Å². The van der Waals surface area contributed by atoms with Gasteiger partial charge in [-0.05, 0) is 31.4 Å². The SMILES string of the molecule is c1ccc(-c2ncc(CN3CCC(n4cc(C5CC5)nn4)C3)o2)cc1. The summed E-state index contributed by atoms with van der Waals surface area (Å²) in [4.78, 5) is 6.82. The molecule has 0 bridgehead atoms. The standard InChI is InChI=1S/C19H21N5O/c1-2-4-15(5-3-1)19-20-10-17(25-19)12-23-9-8-16(11-23)24-13-18(21-22-24)14-6-7-14/h1-5,10,13-14,16H,6-9,11-12H2. The van der Waals surface area contributed by atoms with Crippen LogP contribution in [0.3, 0.4) is 0 Å². The number of hydrogen-bond acceptors (Lipinski definition) is 5. The van der Waals surface area contributed by atoms with Gasteiger partial charge in [-0.15, -0.1) is 5.10 Å². The van der Waals surface area contributed by atoms with Crippen molar-refractivity contribution in [1.29, 1.82) is 0 Å². The first-order chi connectivity index (χ1) is 12.3. The maximum Gasteiger partial charge on any atom is 0.226 e. The summed E-state index contributed by atoms with van der Waals surface area (Å²) in [5.41, 5.74) is 2.18. The van der Waals surface area contributed by atoms with Crippen LogP contribution in [0.15, 0.2) is 47.1 Å². The van der Waals surface area contributed by atoms with Crippen LogP contribution < -0.4 is 0 Å². The molecule has 2 aromatic heterocycles. The van der Waals surface area contributed by atoms with E-state index >= 15 is 0 Å². The van der Waals surface area contributed by atoms with E-state index in [1.807, 2.05) is 36.5 Å². The number of benzene rings is 1. The molecule has 1 unspecified atom stereocenters. The van der Waals surface area contributed by atoms with Gasteiger partial charge in [-0.1, -0.05) is 23.4 Å². The predicted molar refractivity (Wildman–Crippen MR) is 92.9 cm³/mol. The van der Waals surface area contributed by atoms with Crippen molar-refractivity contribution < 1.29 is 4.42 Å². The van der Waals surface area contributed by atoms with Crippen LogP contribution in [0.1, 0.15) is 42.7 Å². The average molecular weight is 335 g/mol. The van der Waals surface area contributed by atoms with Gasteiger partial charge in [-0.3, -0.25) is 4.90 Å². The lowest BCUT2D eigenvalue weighted by molar-refractivity contribution is 0.284. The lowest BCUT2D eigenvalue weighted by Gasteiger charge is -2.14. The molecule has 0 spiro atoms. The summed E-state index contributed by atoms with van der Waals surface area (Å²) >= 11 is 0. The van der Waals surface area contributed by atoms with E-state index in [9.17, 15) is 0 Å². The molecule has 1 saturated carbocycles. The second kappa shape index (κ2) is 6.11. The Morgan fingerprint density at radius 2 is 2.00 bits per heavy atom. The second-order valence-corrected chi connectivity index (χ2v) is 7.07. The van der Waals surface area contributed by atoms with Gasteiger partial charge in [0.2, 0.25) is 5.89 Å². The molecule has 1 saturated heterocycles. The van der Waals surface area contributed by atoms with E-state index in [-0.39, 0.29) is 0 Å². The lowest BCUT2D eigenvalue weighted by atomic mass is 10.2. The maximum atomic E-state index is 5.93. The monoisotopic (exact) mass is 335 g/mol. The highest BCUT2D eigenvalue weighted by Crippen LogP contribution is 2.39. The van der Waals surface area contributed by atoms with Crippen LogP contribution >= 0.6 is 0 Å². The topological polar surface area (TPSA) is 60.0 Å². The zero-order chi connectivity index (χ0) is 16.6. The number of rotatable bonds is 5. The van der Waals surface area contributed by atoms with Gasteiger partial charge in [-0.25, -0.2) is 9.67 Å². The molecular formula is C19H21N5O. The molecule has 1 atom stereocenters. The van der Waals surface area contributed by atoms with E-state index in [4.69, 9.17) is 4.42 Å². The van der Waals surface area contributed by atoms with E-state index in [1.54, 1.807) is 0 Å². The Balaban J connectivity index is 1.23. The van der Waals surface area contributed by atoms with Crippen LogP contribution in [0, 0.1) is 0 Å². The Morgan fingerprint density at radius 3 is 2.84 bits per heavy atom. The van der Waals surface area contributed by atoms with Crippen molar-refractivity contribution >= 4 is 0 Å². The minimum atomic E-state index is 0.413. The Morgan fingerprint density at radius 1 is 1.12 bits per heavy atom. The maximum absolute atomic E-state index is 5.93. The van der Waals surface area contributed by atoms with Crippen molar-refractivity contribution in [1.82, 2.24) is 24.9 Å². The number of oxazole rings is 1. The molecule has 0 N–H and O–H groups in total. The lowest BCUT2D eigenvalue weighted by Crippen LogP contribution is -2.21. The Kier molecular flexibility index (Phi) is 3.63. The fraction of sp³-hybridized carbons (Fsp3) is 0.421. The van der Waals surface area contributed by atoms with Gasteiger partial charge < -0.3 is 4.42 Å². The minimum absolute atomic E-state index is 0.413. The number of aromatic nitrogens is 4. The number of hydrogen-bond donors (Lipinski definition) is 0. The molecule has 128 valence electrons. The molecule has 2 aliphatic rings. The number of likely N-dealkylation sites (tertiary alicyclic amines) is 1. The van der Waals surface area contributed by atoms with Crippen molar-refractivity contribution in [3.8, 4) is 11.5 Å². The predicted octanol–water partition coefficient (Wildman–Crippen LogP) is 3.26. The summed E-state index contributed by atoms with van der Waals surface area (Å²) in [5, 5.41) is 8.68. The normalized spacial score (nSPS) is 21.0. The highest BCUT2D eigenvalue weighted by Gasteiger charge is 2.30. The molecule has 25 heavy (non-hydrogen) atoms. The molecule has 1 aliphatic carbocycles. The summed E-state index contributed by atoms with van der Waals surface area (Å²) in [7, 11) is 0. The largest absolute Gasteiger partial charge is 0.440 e. The molecule has 6 heteroatoms. The fourth-order valence-electron chi connectivity index (χ4n) is 3.52. The number of nitrogens with zero attached hydrogens (tertiary/aromatic N) is 5. The second-order valence-electron chi connectivity index (χ2n) is 7.07. The third-order valence-electron chi connectivity index (χ3n) is 5.10. The Hall–Kier alpha value is -2.47. The molecule has 6 nitrogen and oxygen atoms in total. The highest BCUT2D eigenvalue weighted by atomic mass is 16.4. The fourth-order valence-corrected chi connectivity index (χ4v) is 3.52. The van der Waals surface area contributed by atoms with E-state index in [1.165, 1.54) is 18.5 Å². The van der Waals surface area contributed by atoms with Gasteiger partial charge in [0.25, 0.3) is 0 Å². The van der Waals surface area contributed by atoms with Crippen molar-refractivity contribution in [3.63, 3.8) is 0 Å². The zero-order valence-electron chi connectivity index (χ0n) is 14.1. The quantitative estimate of drug-likeness (QED) is 0.716. The summed E-state index contributed by atoms with van der Waals surface area (Å²) in [6.45, 7) is 2.82. The van der Waals surface area contributed by atoms with E-state index in [0.29, 0.717) is 17.9 Å². The summed E-state index contributed by atoms with van der Waals surface area (Å²) in [5.74, 6) is 2.27. The summed E-state index contributed by atoms with van der Waals surface area (Å²) in [6.07, 6.45) is 7.63. The van der Waals surface area contributed by atoms with Crippen molar-refractivity contribution in [2.24, 2.45) is 0 Å². The van der Waals surface area contributed by atoms with E-state index in [0.717, 1.165) is 37.4 Å². The first-order valence-electron chi connectivity index (χ1n) is 8.99. The Labute approximate surface area is 146 Å². The van der Waals surface area contributed by atoms with Crippen molar-refractivity contribution in [2.45, 2.75) is 37.8 Å². The summed E-state index contributed by atoms with van der Waals surface area (Å²) < 4.78 is 7.99. The molecule has 2 fully saturated rings. The van der Waals surface area contributed by atoms with Gasteiger partial charge in [0, 0.05) is 30.8 Å². The van der Waals surface area contributed by atoms with Gasteiger partial charge in [-0.2, -0.15) is 0 Å². The molecule has 5 rings (SSSR count). The van der Waals surface area contributed by atoms with Crippen LogP contribution in [-0.4, -0.2) is 38.0 Å². The molecule has 0 amide bonds. The van der Waals surface area contributed by atoms with Crippen LogP contribution in [0.2, 0.25) is 0 Å². The Bertz CT molecular complexity index is 852. The van der Waals surface area contributed by atoms with Crippen molar-refractivity contribution in [2.75, 3.05) is 13.1 Å². The molecule has 0 radical (unpaired) electrons. The zero-order valence-corrected chi connectivity index (χ0v) is 14.1. The van der Waals surface area contributed by atoms with Gasteiger partial charge >= 0.3 is 0 Å². The van der Waals surface area contributed by atoms with Crippen LogP contribution in [0.25, 0.3) is 11.5 Å². The van der Waals surface area contributed by atoms with E-state index in [2.05, 4.69) is 31.1 Å². The molecule has 1 aromatic carbocycles. The highest BCUT2D eigenvalue weighted by molar-refractivity contribution is 5.52. The molecule has 3 heterocycles. The first-order valence-corrected chi connectivity index (χ1v) is 8.99. The molecular weight excluding hydrogens is 314 g/mol. The smallest absolute Gasteiger partial charge is 0.226 e. The molecule has 3 aromatic rings. The van der Waals surface area contributed by atoms with Gasteiger partial charge in [0.05, 0.1) is 24.5 Å². The van der Waals surface area contributed by atoms with Crippen LogP contribution in [0.4, 0.5) is 0 Å². The van der Waals surface area contributed by atoms with Crippen LogP contribution in [0.5, 0.6) is 0 Å². The summed E-state index contributed by atoms with van der Waals surface area (Å²) in [6, 6.07) is 10.4.